The minimum Gasteiger partial charge on any atom is -0.490 e. The van der Waals surface area contributed by atoms with Gasteiger partial charge in [0.05, 0.1) is 12.3 Å². The van der Waals surface area contributed by atoms with Crippen LogP contribution in [0.4, 0.5) is 32.3 Å². The number of benzene rings is 3. The van der Waals surface area contributed by atoms with E-state index >= 15 is 4.39 Å². The monoisotopic (exact) mass is 679 g/mol. The summed E-state index contributed by atoms with van der Waals surface area (Å²) in [6.45, 7) is 9.19. The van der Waals surface area contributed by atoms with Crippen LogP contribution in [0.5, 0.6) is 11.5 Å². The smallest absolute Gasteiger partial charge is 0.425 e. The number of nitrogens with one attached hydrogen (secondary N) is 1. The van der Waals surface area contributed by atoms with Crippen molar-refractivity contribution in [3.8, 4) is 11.5 Å². The number of rotatable bonds is 13. The van der Waals surface area contributed by atoms with Crippen molar-refractivity contribution in [1.82, 2.24) is 25.0 Å². The Hall–Kier alpha value is -5.36. The van der Waals surface area contributed by atoms with Gasteiger partial charge >= 0.3 is 6.09 Å². The van der Waals surface area contributed by atoms with Gasteiger partial charge in [0.25, 0.3) is 0 Å². The molecule has 1 aliphatic heterocycles. The van der Waals surface area contributed by atoms with E-state index in [0.29, 0.717) is 48.3 Å². The van der Waals surface area contributed by atoms with Crippen LogP contribution in [0.1, 0.15) is 54.1 Å². The van der Waals surface area contributed by atoms with Gasteiger partial charge in [-0.15, -0.1) is 0 Å². The van der Waals surface area contributed by atoms with E-state index in [1.807, 2.05) is 56.3 Å². The van der Waals surface area contributed by atoms with E-state index in [9.17, 15) is 4.79 Å². The van der Waals surface area contributed by atoms with E-state index in [-0.39, 0.29) is 17.5 Å². The zero-order valence-corrected chi connectivity index (χ0v) is 28.7. The lowest BCUT2D eigenvalue weighted by Gasteiger charge is -2.26. The molecule has 5 aromatic rings. The van der Waals surface area contributed by atoms with Crippen molar-refractivity contribution in [2.24, 2.45) is 0 Å². The minimum atomic E-state index is -0.649. The second-order valence-corrected chi connectivity index (χ2v) is 12.4. The SMILES string of the molecule is Cc1noc(CCc2cccc(N(C(=O)Oc3c(C)cccc3C)c3ccnc(Nc4ccc(OCCCN5CCCCC5)c(F)c4)n3)c2)n1. The molecule has 1 fully saturated rings. The number of aryl methyl sites for hydroxylation is 5. The normalized spacial score (nSPS) is 13.2. The number of halogens is 1. The van der Waals surface area contributed by atoms with Gasteiger partial charge in [0.2, 0.25) is 11.8 Å². The highest BCUT2D eigenvalue weighted by atomic mass is 19.1. The molecule has 0 bridgehead atoms. The number of carbonyl (C=O) groups is 1. The molecule has 3 heterocycles. The van der Waals surface area contributed by atoms with Crippen LogP contribution in [0.2, 0.25) is 0 Å². The van der Waals surface area contributed by atoms with Crippen LogP contribution in [-0.2, 0) is 12.8 Å². The number of likely N-dealkylation sites (tertiary alicyclic amines) is 1. The number of nitrogens with zero attached hydrogens (tertiary/aromatic N) is 6. The first-order valence-electron chi connectivity index (χ1n) is 17.0. The van der Waals surface area contributed by atoms with Crippen LogP contribution >= 0.6 is 0 Å². The first-order chi connectivity index (χ1) is 24.3. The maximum Gasteiger partial charge on any atom is 0.425 e. The molecule has 260 valence electrons. The third kappa shape index (κ3) is 9.00. The molecule has 0 unspecified atom stereocenters. The number of para-hydroxylation sites is 1. The summed E-state index contributed by atoms with van der Waals surface area (Å²) in [4.78, 5) is 31.1. The quantitative estimate of drug-likeness (QED) is 0.123. The summed E-state index contributed by atoms with van der Waals surface area (Å²) in [7, 11) is 0. The van der Waals surface area contributed by atoms with Gasteiger partial charge < -0.3 is 24.2 Å². The fraction of sp³-hybridized carbons (Fsp3) is 0.342. The average Bonchev–Trinajstić information content (AvgIpc) is 3.54. The Morgan fingerprint density at radius 3 is 2.52 bits per heavy atom. The summed E-state index contributed by atoms with van der Waals surface area (Å²) in [5, 5.41) is 6.93. The predicted octanol–water partition coefficient (Wildman–Crippen LogP) is 8.04. The van der Waals surface area contributed by atoms with Crippen LogP contribution < -0.4 is 19.7 Å². The van der Waals surface area contributed by atoms with E-state index in [1.54, 1.807) is 25.1 Å². The van der Waals surface area contributed by atoms with Crippen LogP contribution in [0.15, 0.2) is 77.4 Å². The molecule has 0 atom stereocenters. The molecule has 50 heavy (non-hydrogen) atoms. The number of hydrogen-bond acceptors (Lipinski definition) is 10. The summed E-state index contributed by atoms with van der Waals surface area (Å²) < 4.78 is 32.1. The highest BCUT2D eigenvalue weighted by Crippen LogP contribution is 2.30. The number of ether oxygens (including phenoxy) is 2. The summed E-state index contributed by atoms with van der Waals surface area (Å²) in [6.07, 6.45) is 6.64. The van der Waals surface area contributed by atoms with E-state index in [1.165, 1.54) is 36.4 Å². The van der Waals surface area contributed by atoms with Crippen LogP contribution in [-0.4, -0.2) is 57.3 Å². The molecule has 1 saturated heterocycles. The second kappa shape index (κ2) is 16.4. The zero-order chi connectivity index (χ0) is 34.9. The molecule has 6 rings (SSSR count). The highest BCUT2D eigenvalue weighted by Gasteiger charge is 2.24. The molecule has 1 aliphatic rings. The zero-order valence-electron chi connectivity index (χ0n) is 28.7. The molecule has 0 spiro atoms. The van der Waals surface area contributed by atoms with E-state index in [4.69, 9.17) is 14.0 Å². The van der Waals surface area contributed by atoms with Gasteiger partial charge in [-0.25, -0.2) is 19.1 Å². The molecule has 0 radical (unpaired) electrons. The van der Waals surface area contributed by atoms with E-state index in [0.717, 1.165) is 42.7 Å². The van der Waals surface area contributed by atoms with Crippen LogP contribution in [0.3, 0.4) is 0 Å². The molecular formula is C38H42FN7O4. The molecule has 2 aromatic heterocycles. The van der Waals surface area contributed by atoms with E-state index in [2.05, 4.69) is 30.3 Å². The fourth-order valence-corrected chi connectivity index (χ4v) is 5.98. The standard InChI is InChI=1S/C38H42FN7O4/c1-26-10-7-11-27(2)36(26)49-38(47)46(31-13-8-12-29(24-31)14-17-35-41-28(3)44-50-35)34-18-19-40-37(43-34)42-30-15-16-33(32(39)25-30)48-23-9-22-45-20-5-4-6-21-45/h7-8,10-13,15-16,18-19,24-25H,4-6,9,14,17,20-23H2,1-3H3,(H,40,42,43). The summed E-state index contributed by atoms with van der Waals surface area (Å²) in [5.74, 6) is 1.72. The van der Waals surface area contributed by atoms with Crippen molar-refractivity contribution in [3.05, 3.63) is 107 Å². The highest BCUT2D eigenvalue weighted by molar-refractivity contribution is 5.96. The summed E-state index contributed by atoms with van der Waals surface area (Å²) in [6, 6.07) is 19.5. The largest absolute Gasteiger partial charge is 0.490 e. The molecule has 1 amide bonds. The van der Waals surface area contributed by atoms with Gasteiger partial charge in [0, 0.05) is 37.0 Å². The Balaban J connectivity index is 1.19. The number of anilines is 4. The maximum atomic E-state index is 15.1. The Morgan fingerprint density at radius 1 is 0.960 bits per heavy atom. The number of piperidine rings is 1. The lowest BCUT2D eigenvalue weighted by Crippen LogP contribution is -2.31. The number of amides is 1. The van der Waals surface area contributed by atoms with Crippen molar-refractivity contribution < 1.29 is 23.2 Å². The van der Waals surface area contributed by atoms with Gasteiger partial charge in [-0.1, -0.05) is 41.9 Å². The Kier molecular flexibility index (Phi) is 11.3. The fourth-order valence-electron chi connectivity index (χ4n) is 5.98. The maximum absolute atomic E-state index is 15.1. The lowest BCUT2D eigenvalue weighted by atomic mass is 10.1. The molecular weight excluding hydrogens is 637 g/mol. The number of hydrogen-bond donors (Lipinski definition) is 1. The molecule has 0 aliphatic carbocycles. The lowest BCUT2D eigenvalue weighted by molar-refractivity contribution is 0.203. The second-order valence-electron chi connectivity index (χ2n) is 12.4. The Morgan fingerprint density at radius 2 is 1.76 bits per heavy atom. The van der Waals surface area contributed by atoms with Crippen molar-refractivity contribution >= 4 is 29.2 Å². The van der Waals surface area contributed by atoms with Gasteiger partial charge in [0.1, 0.15) is 11.6 Å². The van der Waals surface area contributed by atoms with Gasteiger partial charge in [0.15, 0.2) is 17.4 Å². The van der Waals surface area contributed by atoms with Crippen molar-refractivity contribution in [2.75, 3.05) is 36.5 Å². The molecule has 0 saturated carbocycles. The average molecular weight is 680 g/mol. The Bertz CT molecular complexity index is 1890. The van der Waals surface area contributed by atoms with Gasteiger partial charge in [-0.3, -0.25) is 0 Å². The third-order valence-corrected chi connectivity index (χ3v) is 8.53. The molecule has 12 heteroatoms. The van der Waals surface area contributed by atoms with Crippen molar-refractivity contribution in [1.29, 1.82) is 0 Å². The van der Waals surface area contributed by atoms with E-state index < -0.39 is 11.9 Å². The first kappa shape index (κ1) is 34.5. The topological polar surface area (TPSA) is 119 Å². The summed E-state index contributed by atoms with van der Waals surface area (Å²) >= 11 is 0. The first-order valence-corrected chi connectivity index (χ1v) is 17.0. The number of aromatic nitrogens is 4. The van der Waals surface area contributed by atoms with Crippen molar-refractivity contribution in [3.63, 3.8) is 0 Å². The van der Waals surface area contributed by atoms with Crippen LogP contribution in [0.25, 0.3) is 0 Å². The van der Waals surface area contributed by atoms with Crippen molar-refractivity contribution in [2.45, 2.75) is 59.3 Å². The molecule has 3 aromatic carbocycles. The van der Waals surface area contributed by atoms with Gasteiger partial charge in [-0.2, -0.15) is 9.97 Å². The predicted molar refractivity (Wildman–Crippen MR) is 189 cm³/mol. The van der Waals surface area contributed by atoms with Crippen LogP contribution in [0, 0.1) is 26.6 Å². The molecule has 1 N–H and O–H groups in total. The minimum absolute atomic E-state index is 0.171. The molecule has 11 nitrogen and oxygen atoms in total. The Labute approximate surface area is 291 Å². The summed E-state index contributed by atoms with van der Waals surface area (Å²) in [5.41, 5.74) is 3.56. The van der Waals surface area contributed by atoms with Gasteiger partial charge in [-0.05, 0) is 100 Å². The third-order valence-electron chi connectivity index (χ3n) is 8.53. The number of carbonyl (C=O) groups excluding carboxylic acids is 1.